The molecule has 4 nitrogen and oxygen atoms in total. The summed E-state index contributed by atoms with van der Waals surface area (Å²) in [6.07, 6.45) is 1.76. The first-order chi connectivity index (χ1) is 14.6. The summed E-state index contributed by atoms with van der Waals surface area (Å²) in [7, 11) is 0. The van der Waals surface area contributed by atoms with Crippen molar-refractivity contribution in [1.29, 1.82) is 0 Å². The maximum Gasteiger partial charge on any atom is 0.175 e. The van der Waals surface area contributed by atoms with Crippen molar-refractivity contribution in [1.82, 2.24) is 0 Å². The van der Waals surface area contributed by atoms with Crippen LogP contribution in [0.1, 0.15) is 25.0 Å². The number of rotatable bonds is 9. The molecule has 3 rings (SSSR count). The van der Waals surface area contributed by atoms with Crippen LogP contribution in [0.2, 0.25) is 0 Å². The van der Waals surface area contributed by atoms with Crippen LogP contribution < -0.4 is 14.2 Å². The van der Waals surface area contributed by atoms with Gasteiger partial charge in [0, 0.05) is 6.21 Å². The monoisotopic (exact) mass is 471 g/mol. The Kier molecular flexibility index (Phi) is 7.85. The summed E-state index contributed by atoms with van der Waals surface area (Å²) in [6, 6.07) is 17.7. The molecule has 0 unspecified atom stereocenters. The molecule has 0 spiro atoms. The van der Waals surface area contributed by atoms with Gasteiger partial charge in [-0.1, -0.05) is 12.1 Å². The van der Waals surface area contributed by atoms with Gasteiger partial charge in [0.15, 0.2) is 11.5 Å². The minimum absolute atomic E-state index is 0.232. The Morgan fingerprint density at radius 1 is 0.933 bits per heavy atom. The zero-order chi connectivity index (χ0) is 21.3. The third kappa shape index (κ3) is 6.07. The second kappa shape index (κ2) is 10.8. The SMILES string of the molecule is CCOc1ccc(N=Cc2cc(Br)c(OCc3cccc(F)c3)c(OCC)c2)cc1. The lowest BCUT2D eigenvalue weighted by molar-refractivity contribution is 0.267. The van der Waals surface area contributed by atoms with E-state index in [9.17, 15) is 4.39 Å². The first-order valence-electron chi connectivity index (χ1n) is 9.69. The van der Waals surface area contributed by atoms with Crippen molar-refractivity contribution < 1.29 is 18.6 Å². The van der Waals surface area contributed by atoms with Crippen molar-refractivity contribution in [3.05, 3.63) is 82.1 Å². The van der Waals surface area contributed by atoms with Gasteiger partial charge in [0.1, 0.15) is 18.2 Å². The molecule has 3 aromatic rings. The molecule has 0 aliphatic heterocycles. The maximum atomic E-state index is 13.4. The summed E-state index contributed by atoms with van der Waals surface area (Å²) < 4.78 is 31.3. The van der Waals surface area contributed by atoms with Crippen molar-refractivity contribution in [3.8, 4) is 17.2 Å². The predicted molar refractivity (Wildman–Crippen MR) is 121 cm³/mol. The fourth-order valence-electron chi connectivity index (χ4n) is 2.79. The zero-order valence-corrected chi connectivity index (χ0v) is 18.5. The van der Waals surface area contributed by atoms with Crippen LogP contribution in [0.5, 0.6) is 17.2 Å². The molecule has 6 heteroatoms. The minimum Gasteiger partial charge on any atom is -0.494 e. The second-order valence-electron chi connectivity index (χ2n) is 6.37. The summed E-state index contributed by atoms with van der Waals surface area (Å²) in [5.74, 6) is 1.69. The highest BCUT2D eigenvalue weighted by molar-refractivity contribution is 9.10. The largest absolute Gasteiger partial charge is 0.494 e. The molecule has 0 amide bonds. The Hall–Kier alpha value is -2.86. The summed E-state index contributed by atoms with van der Waals surface area (Å²) in [6.45, 7) is 5.21. The standard InChI is InChI=1S/C24H23BrFNO3/c1-3-28-21-10-8-20(9-11-21)27-15-18-13-22(25)24(23(14-18)29-4-2)30-16-17-6-5-7-19(26)12-17/h5-15H,3-4,16H2,1-2H3. The minimum atomic E-state index is -0.291. The number of halogens is 2. The molecule has 0 N–H and O–H groups in total. The van der Waals surface area contributed by atoms with E-state index >= 15 is 0 Å². The van der Waals surface area contributed by atoms with Gasteiger partial charge in [-0.25, -0.2) is 4.39 Å². The molecular weight excluding hydrogens is 449 g/mol. The van der Waals surface area contributed by atoms with E-state index in [1.165, 1.54) is 12.1 Å². The fourth-order valence-corrected chi connectivity index (χ4v) is 3.37. The molecule has 0 saturated carbocycles. The van der Waals surface area contributed by atoms with Crippen molar-refractivity contribution in [2.24, 2.45) is 4.99 Å². The van der Waals surface area contributed by atoms with Crippen LogP contribution in [0.3, 0.4) is 0 Å². The van der Waals surface area contributed by atoms with E-state index in [1.54, 1.807) is 12.3 Å². The topological polar surface area (TPSA) is 40.0 Å². The van der Waals surface area contributed by atoms with Gasteiger partial charge in [0.05, 0.1) is 23.4 Å². The molecule has 0 radical (unpaired) electrons. The molecular formula is C24H23BrFNO3. The molecule has 0 aromatic heterocycles. The van der Waals surface area contributed by atoms with Gasteiger partial charge in [-0.2, -0.15) is 0 Å². The Labute approximate surface area is 184 Å². The number of benzene rings is 3. The molecule has 156 valence electrons. The first kappa shape index (κ1) is 21.8. The third-order valence-electron chi connectivity index (χ3n) is 4.11. The van der Waals surface area contributed by atoms with Gasteiger partial charge in [0.2, 0.25) is 0 Å². The Morgan fingerprint density at radius 3 is 2.40 bits per heavy atom. The van der Waals surface area contributed by atoms with E-state index in [-0.39, 0.29) is 12.4 Å². The van der Waals surface area contributed by atoms with Gasteiger partial charge in [-0.15, -0.1) is 0 Å². The van der Waals surface area contributed by atoms with Crippen molar-refractivity contribution in [2.75, 3.05) is 13.2 Å². The normalized spacial score (nSPS) is 10.9. The van der Waals surface area contributed by atoms with Gasteiger partial charge in [-0.05, 0) is 89.4 Å². The van der Waals surface area contributed by atoms with Crippen LogP contribution in [0.25, 0.3) is 0 Å². The van der Waals surface area contributed by atoms with Crippen molar-refractivity contribution in [3.63, 3.8) is 0 Å². The number of nitrogens with zero attached hydrogens (tertiary/aromatic N) is 1. The quantitative estimate of drug-likeness (QED) is 0.325. The summed E-state index contributed by atoms with van der Waals surface area (Å²) in [4.78, 5) is 4.51. The van der Waals surface area contributed by atoms with Crippen molar-refractivity contribution >= 4 is 27.8 Å². The lowest BCUT2D eigenvalue weighted by Crippen LogP contribution is -2.01. The molecule has 30 heavy (non-hydrogen) atoms. The van der Waals surface area contributed by atoms with Gasteiger partial charge in [0.25, 0.3) is 0 Å². The molecule has 3 aromatic carbocycles. The second-order valence-corrected chi connectivity index (χ2v) is 7.22. The van der Waals surface area contributed by atoms with Crippen LogP contribution in [0.4, 0.5) is 10.1 Å². The molecule has 0 aliphatic carbocycles. The summed E-state index contributed by atoms with van der Waals surface area (Å²) >= 11 is 3.55. The van der Waals surface area contributed by atoms with Crippen molar-refractivity contribution in [2.45, 2.75) is 20.5 Å². The van der Waals surface area contributed by atoms with E-state index in [2.05, 4.69) is 20.9 Å². The van der Waals surface area contributed by atoms with Gasteiger partial charge < -0.3 is 14.2 Å². The van der Waals surface area contributed by atoms with Crippen LogP contribution in [-0.2, 0) is 6.61 Å². The van der Waals surface area contributed by atoms with E-state index in [1.807, 2.05) is 56.3 Å². The van der Waals surface area contributed by atoms with Crippen LogP contribution in [0.15, 0.2) is 70.1 Å². The molecule has 0 heterocycles. The Balaban J connectivity index is 1.77. The molecule has 0 bridgehead atoms. The maximum absolute atomic E-state index is 13.4. The van der Waals surface area contributed by atoms with Crippen LogP contribution in [0, 0.1) is 5.82 Å². The van der Waals surface area contributed by atoms with Crippen LogP contribution in [-0.4, -0.2) is 19.4 Å². The smallest absolute Gasteiger partial charge is 0.175 e. The average Bonchev–Trinajstić information content (AvgIpc) is 2.73. The van der Waals surface area contributed by atoms with Crippen LogP contribution >= 0.6 is 15.9 Å². The number of ether oxygens (including phenoxy) is 3. The van der Waals surface area contributed by atoms with E-state index in [0.717, 1.165) is 27.0 Å². The molecule has 0 atom stereocenters. The van der Waals surface area contributed by atoms with Gasteiger partial charge in [-0.3, -0.25) is 4.99 Å². The summed E-state index contributed by atoms with van der Waals surface area (Å²) in [5.41, 5.74) is 2.42. The van der Waals surface area contributed by atoms with E-state index < -0.39 is 0 Å². The third-order valence-corrected chi connectivity index (χ3v) is 4.70. The fraction of sp³-hybridized carbons (Fsp3) is 0.208. The molecule has 0 saturated heterocycles. The highest BCUT2D eigenvalue weighted by Crippen LogP contribution is 2.37. The first-order valence-corrected chi connectivity index (χ1v) is 10.5. The Morgan fingerprint density at radius 2 is 1.70 bits per heavy atom. The zero-order valence-electron chi connectivity index (χ0n) is 16.9. The summed E-state index contributed by atoms with van der Waals surface area (Å²) in [5, 5.41) is 0. The van der Waals surface area contributed by atoms with Gasteiger partial charge >= 0.3 is 0 Å². The highest BCUT2D eigenvalue weighted by Gasteiger charge is 2.12. The van der Waals surface area contributed by atoms with E-state index in [0.29, 0.717) is 24.7 Å². The van der Waals surface area contributed by atoms with E-state index in [4.69, 9.17) is 14.2 Å². The number of aliphatic imine (C=N–C) groups is 1. The predicted octanol–water partition coefficient (Wildman–Crippen LogP) is 6.72. The molecule has 0 aliphatic rings. The Bertz CT molecular complexity index is 1010. The lowest BCUT2D eigenvalue weighted by atomic mass is 10.2. The molecule has 0 fully saturated rings. The highest BCUT2D eigenvalue weighted by atomic mass is 79.9. The number of hydrogen-bond donors (Lipinski definition) is 0. The lowest BCUT2D eigenvalue weighted by Gasteiger charge is -2.14. The average molecular weight is 472 g/mol. The number of hydrogen-bond acceptors (Lipinski definition) is 4.